The van der Waals surface area contributed by atoms with Crippen LogP contribution in [0.5, 0.6) is 0 Å². The van der Waals surface area contributed by atoms with Crippen LogP contribution in [0, 0.1) is 0 Å². The van der Waals surface area contributed by atoms with Gasteiger partial charge in [0.2, 0.25) is 0 Å². The van der Waals surface area contributed by atoms with Gasteiger partial charge in [-0.2, -0.15) is 0 Å². The average Bonchev–Trinajstić information content (AvgIpc) is 2.62. The Morgan fingerprint density at radius 1 is 1.25 bits per heavy atom. The van der Waals surface area contributed by atoms with Gasteiger partial charge in [0, 0.05) is 31.9 Å². The number of carbonyl (C=O) groups is 1. The topological polar surface area (TPSA) is 58.1 Å². The fourth-order valence-corrected chi connectivity index (χ4v) is 3.16. The number of carbonyl (C=O) groups excluding carboxylic acids is 1. The Labute approximate surface area is 147 Å². The third kappa shape index (κ3) is 4.52. The van der Waals surface area contributed by atoms with Crippen molar-refractivity contribution in [3.8, 4) is 0 Å². The second-order valence-corrected chi connectivity index (χ2v) is 6.45. The summed E-state index contributed by atoms with van der Waals surface area (Å²) in [5.41, 5.74) is 1.62. The molecule has 1 saturated heterocycles. The molecular weight excluding hydrogens is 324 g/mol. The predicted octanol–water partition coefficient (Wildman–Crippen LogP) is 2.57. The largest absolute Gasteiger partial charge is 0.348 e. The van der Waals surface area contributed by atoms with E-state index in [1.165, 1.54) is 18.1 Å². The van der Waals surface area contributed by atoms with E-state index in [4.69, 9.17) is 11.6 Å². The van der Waals surface area contributed by atoms with Gasteiger partial charge in [-0.3, -0.25) is 4.79 Å². The van der Waals surface area contributed by atoms with Crippen molar-refractivity contribution in [2.45, 2.75) is 25.3 Å². The third-order valence-electron chi connectivity index (χ3n) is 4.37. The molecule has 1 aliphatic heterocycles. The Balaban J connectivity index is 1.44. The SMILES string of the molecule is O=C(NC1CCN(CCc2ccccc2)CC1)c1ncncc1Cl. The lowest BCUT2D eigenvalue weighted by molar-refractivity contribution is 0.0906. The zero-order valence-corrected chi connectivity index (χ0v) is 14.2. The van der Waals surface area contributed by atoms with E-state index in [2.05, 4.69) is 44.5 Å². The molecule has 2 aromatic rings. The summed E-state index contributed by atoms with van der Waals surface area (Å²) in [6.45, 7) is 3.05. The van der Waals surface area contributed by atoms with E-state index in [0.717, 1.165) is 38.9 Å². The quantitative estimate of drug-likeness (QED) is 0.905. The Morgan fingerprint density at radius 3 is 2.71 bits per heavy atom. The summed E-state index contributed by atoms with van der Waals surface area (Å²) in [7, 11) is 0. The van der Waals surface area contributed by atoms with Gasteiger partial charge in [0.25, 0.3) is 5.91 Å². The van der Waals surface area contributed by atoms with Gasteiger partial charge in [-0.05, 0) is 24.8 Å². The predicted molar refractivity (Wildman–Crippen MR) is 94.1 cm³/mol. The van der Waals surface area contributed by atoms with Crippen LogP contribution in [0.25, 0.3) is 0 Å². The Hall–Kier alpha value is -1.98. The fourth-order valence-electron chi connectivity index (χ4n) is 2.97. The zero-order chi connectivity index (χ0) is 16.8. The van der Waals surface area contributed by atoms with Crippen LogP contribution in [0.3, 0.4) is 0 Å². The van der Waals surface area contributed by atoms with Gasteiger partial charge in [-0.1, -0.05) is 41.9 Å². The normalized spacial score (nSPS) is 16.0. The Kier molecular flexibility index (Phi) is 5.77. The van der Waals surface area contributed by atoms with Crippen molar-refractivity contribution in [1.29, 1.82) is 0 Å². The molecule has 5 nitrogen and oxygen atoms in total. The van der Waals surface area contributed by atoms with Crippen LogP contribution in [0.1, 0.15) is 28.9 Å². The van der Waals surface area contributed by atoms with Crippen LogP contribution in [-0.4, -0.2) is 46.5 Å². The van der Waals surface area contributed by atoms with Crippen molar-refractivity contribution in [3.05, 3.63) is 59.1 Å². The van der Waals surface area contributed by atoms with Crippen molar-refractivity contribution in [2.75, 3.05) is 19.6 Å². The van der Waals surface area contributed by atoms with Crippen molar-refractivity contribution in [2.24, 2.45) is 0 Å². The highest BCUT2D eigenvalue weighted by atomic mass is 35.5. The molecule has 24 heavy (non-hydrogen) atoms. The number of hydrogen-bond donors (Lipinski definition) is 1. The van der Waals surface area contributed by atoms with Crippen LogP contribution in [0.4, 0.5) is 0 Å². The first-order valence-corrected chi connectivity index (χ1v) is 8.63. The average molecular weight is 345 g/mol. The molecule has 1 fully saturated rings. The molecule has 0 unspecified atom stereocenters. The molecule has 1 aromatic heterocycles. The highest BCUT2D eigenvalue weighted by Crippen LogP contribution is 2.14. The molecule has 0 atom stereocenters. The first-order chi connectivity index (χ1) is 11.7. The summed E-state index contributed by atoms with van der Waals surface area (Å²) in [6, 6.07) is 10.7. The van der Waals surface area contributed by atoms with Crippen LogP contribution in [-0.2, 0) is 6.42 Å². The zero-order valence-electron chi connectivity index (χ0n) is 13.5. The van der Waals surface area contributed by atoms with E-state index in [9.17, 15) is 4.79 Å². The maximum Gasteiger partial charge on any atom is 0.271 e. The van der Waals surface area contributed by atoms with E-state index < -0.39 is 0 Å². The molecule has 0 radical (unpaired) electrons. The minimum absolute atomic E-state index is 0.177. The summed E-state index contributed by atoms with van der Waals surface area (Å²) in [4.78, 5) is 22.4. The van der Waals surface area contributed by atoms with E-state index in [0.29, 0.717) is 0 Å². The molecular formula is C18H21ClN4O. The maximum atomic E-state index is 12.2. The highest BCUT2D eigenvalue weighted by Gasteiger charge is 2.22. The van der Waals surface area contributed by atoms with Gasteiger partial charge in [0.1, 0.15) is 12.0 Å². The summed E-state index contributed by atoms with van der Waals surface area (Å²) in [5.74, 6) is -0.217. The van der Waals surface area contributed by atoms with Gasteiger partial charge in [-0.15, -0.1) is 0 Å². The van der Waals surface area contributed by atoms with Crippen molar-refractivity contribution in [3.63, 3.8) is 0 Å². The summed E-state index contributed by atoms with van der Waals surface area (Å²) in [5, 5.41) is 3.32. The summed E-state index contributed by atoms with van der Waals surface area (Å²) in [6.07, 6.45) is 5.74. The number of benzene rings is 1. The van der Waals surface area contributed by atoms with Crippen LogP contribution in [0.2, 0.25) is 5.02 Å². The van der Waals surface area contributed by atoms with Crippen LogP contribution < -0.4 is 5.32 Å². The first kappa shape index (κ1) is 16.9. The van der Waals surface area contributed by atoms with Crippen molar-refractivity contribution in [1.82, 2.24) is 20.2 Å². The highest BCUT2D eigenvalue weighted by molar-refractivity contribution is 6.33. The maximum absolute atomic E-state index is 12.2. The summed E-state index contributed by atoms with van der Waals surface area (Å²) >= 11 is 5.97. The van der Waals surface area contributed by atoms with E-state index >= 15 is 0 Å². The molecule has 126 valence electrons. The second-order valence-electron chi connectivity index (χ2n) is 6.04. The molecule has 0 spiro atoms. The number of piperidine rings is 1. The standard InChI is InChI=1S/C18H21ClN4O/c19-16-12-20-13-21-17(16)18(24)22-15-7-10-23(11-8-15)9-6-14-4-2-1-3-5-14/h1-5,12-13,15H,6-11H2,(H,22,24). The van der Waals surface area contributed by atoms with Gasteiger partial charge in [0.05, 0.1) is 5.02 Å². The molecule has 1 amide bonds. The first-order valence-electron chi connectivity index (χ1n) is 8.25. The minimum atomic E-state index is -0.217. The molecule has 2 heterocycles. The second kappa shape index (κ2) is 8.22. The van der Waals surface area contributed by atoms with Gasteiger partial charge >= 0.3 is 0 Å². The number of likely N-dealkylation sites (tertiary alicyclic amines) is 1. The summed E-state index contributed by atoms with van der Waals surface area (Å²) < 4.78 is 0. The van der Waals surface area contributed by atoms with Gasteiger partial charge in [-0.25, -0.2) is 9.97 Å². The van der Waals surface area contributed by atoms with E-state index in [-0.39, 0.29) is 22.7 Å². The van der Waals surface area contributed by atoms with Crippen molar-refractivity contribution >= 4 is 17.5 Å². The van der Waals surface area contributed by atoms with Crippen LogP contribution in [0.15, 0.2) is 42.9 Å². The Bertz CT molecular complexity index is 672. The molecule has 0 saturated carbocycles. The number of nitrogens with one attached hydrogen (secondary N) is 1. The Morgan fingerprint density at radius 2 is 2.00 bits per heavy atom. The lowest BCUT2D eigenvalue weighted by atomic mass is 10.0. The van der Waals surface area contributed by atoms with Crippen molar-refractivity contribution < 1.29 is 4.79 Å². The molecule has 0 aliphatic carbocycles. The van der Waals surface area contributed by atoms with Gasteiger partial charge < -0.3 is 10.2 Å². The monoisotopic (exact) mass is 344 g/mol. The van der Waals surface area contributed by atoms with Crippen LogP contribution >= 0.6 is 11.6 Å². The molecule has 1 aliphatic rings. The van der Waals surface area contributed by atoms with E-state index in [1.807, 2.05) is 6.07 Å². The fraction of sp³-hybridized carbons (Fsp3) is 0.389. The smallest absolute Gasteiger partial charge is 0.271 e. The van der Waals surface area contributed by atoms with Gasteiger partial charge in [0.15, 0.2) is 0 Å². The number of halogens is 1. The lowest BCUT2D eigenvalue weighted by Crippen LogP contribution is -2.45. The molecule has 6 heteroatoms. The number of amides is 1. The molecule has 1 N–H and O–H groups in total. The molecule has 3 rings (SSSR count). The van der Waals surface area contributed by atoms with E-state index in [1.54, 1.807) is 0 Å². The number of nitrogens with zero attached hydrogens (tertiary/aromatic N) is 3. The molecule has 1 aromatic carbocycles. The molecule has 0 bridgehead atoms. The number of rotatable bonds is 5. The lowest BCUT2D eigenvalue weighted by Gasteiger charge is -2.32. The number of hydrogen-bond acceptors (Lipinski definition) is 4. The third-order valence-corrected chi connectivity index (χ3v) is 4.64. The number of aromatic nitrogens is 2. The minimum Gasteiger partial charge on any atom is -0.348 e.